The fourth-order valence-corrected chi connectivity index (χ4v) is 4.45. The van der Waals surface area contributed by atoms with Crippen molar-refractivity contribution in [1.29, 1.82) is 0 Å². The van der Waals surface area contributed by atoms with Crippen molar-refractivity contribution in [3.8, 4) is 16.8 Å². The van der Waals surface area contributed by atoms with Crippen LogP contribution >= 0.6 is 0 Å². The molecule has 6 aromatic rings. The van der Waals surface area contributed by atoms with Gasteiger partial charge in [-0.2, -0.15) is 0 Å². The van der Waals surface area contributed by atoms with Crippen LogP contribution in [0.3, 0.4) is 0 Å². The van der Waals surface area contributed by atoms with Crippen LogP contribution in [0.1, 0.15) is 0 Å². The van der Waals surface area contributed by atoms with Gasteiger partial charge in [-0.1, -0.05) is 91.0 Å². The second-order valence-electron chi connectivity index (χ2n) is 7.45. The first kappa shape index (κ1) is 16.1. The fourth-order valence-electron chi connectivity index (χ4n) is 4.45. The molecule has 0 aliphatic rings. The van der Waals surface area contributed by atoms with Crippen LogP contribution in [0.2, 0.25) is 0 Å². The van der Waals surface area contributed by atoms with Gasteiger partial charge in [-0.3, -0.25) is 0 Å². The van der Waals surface area contributed by atoms with Gasteiger partial charge in [0.15, 0.2) is 0 Å². The highest BCUT2D eigenvalue weighted by Crippen LogP contribution is 2.37. The quantitative estimate of drug-likeness (QED) is 0.296. The van der Waals surface area contributed by atoms with Crippen LogP contribution in [0.25, 0.3) is 49.4 Å². The molecule has 1 heterocycles. The molecule has 0 radical (unpaired) electrons. The maximum atomic E-state index is 2.42. The monoisotopic (exact) mass is 369 g/mol. The van der Waals surface area contributed by atoms with Gasteiger partial charge in [0.1, 0.15) is 0 Å². The summed E-state index contributed by atoms with van der Waals surface area (Å²) in [6, 6.07) is 41.3. The first-order valence-corrected chi connectivity index (χ1v) is 9.97. The van der Waals surface area contributed by atoms with Gasteiger partial charge >= 0.3 is 0 Å². The topological polar surface area (TPSA) is 4.93 Å². The minimum Gasteiger partial charge on any atom is -0.309 e. The molecule has 1 aromatic heterocycles. The van der Waals surface area contributed by atoms with Gasteiger partial charge in [0, 0.05) is 16.3 Å². The Morgan fingerprint density at radius 3 is 1.97 bits per heavy atom. The zero-order valence-corrected chi connectivity index (χ0v) is 15.9. The Kier molecular flexibility index (Phi) is 3.54. The normalized spacial score (nSPS) is 11.4. The summed E-state index contributed by atoms with van der Waals surface area (Å²) < 4.78 is 2.42. The van der Waals surface area contributed by atoms with Gasteiger partial charge in [0.2, 0.25) is 0 Å². The molecule has 29 heavy (non-hydrogen) atoms. The number of rotatable bonds is 2. The maximum Gasteiger partial charge on any atom is 0.0547 e. The van der Waals surface area contributed by atoms with Crippen molar-refractivity contribution >= 4 is 32.6 Å². The van der Waals surface area contributed by atoms with E-state index in [1.807, 2.05) is 0 Å². The predicted octanol–water partition coefficient (Wildman–Crippen LogP) is 7.60. The summed E-state index contributed by atoms with van der Waals surface area (Å²) in [7, 11) is 0. The van der Waals surface area contributed by atoms with Crippen molar-refractivity contribution in [2.75, 3.05) is 0 Å². The maximum absolute atomic E-state index is 2.42. The van der Waals surface area contributed by atoms with Crippen molar-refractivity contribution < 1.29 is 0 Å². The number of aromatic nitrogens is 1. The van der Waals surface area contributed by atoms with E-state index in [1.165, 1.54) is 49.4 Å². The molecular formula is C28H19N. The Morgan fingerprint density at radius 2 is 1.10 bits per heavy atom. The zero-order valence-electron chi connectivity index (χ0n) is 15.9. The van der Waals surface area contributed by atoms with Crippen molar-refractivity contribution in [3.63, 3.8) is 0 Å². The van der Waals surface area contributed by atoms with Crippen LogP contribution in [0.15, 0.2) is 115 Å². The predicted molar refractivity (Wildman–Crippen MR) is 124 cm³/mol. The summed E-state index contributed by atoms with van der Waals surface area (Å²) in [4.78, 5) is 0. The average Bonchev–Trinajstić information content (AvgIpc) is 3.11. The summed E-state index contributed by atoms with van der Waals surface area (Å²) in [6.07, 6.45) is 0. The van der Waals surface area contributed by atoms with Crippen LogP contribution in [-0.4, -0.2) is 4.57 Å². The van der Waals surface area contributed by atoms with E-state index >= 15 is 0 Å². The van der Waals surface area contributed by atoms with E-state index in [4.69, 9.17) is 0 Å². The largest absolute Gasteiger partial charge is 0.309 e. The highest BCUT2D eigenvalue weighted by atomic mass is 15.0. The molecule has 6 rings (SSSR count). The van der Waals surface area contributed by atoms with Crippen LogP contribution in [0.5, 0.6) is 0 Å². The summed E-state index contributed by atoms with van der Waals surface area (Å²) in [5.74, 6) is 0. The number of benzene rings is 5. The standard InChI is InChI=1S/C28H19N/c1-2-10-20(11-3-1)23-14-6-8-16-26(23)29-27-17-9-7-15-24(27)25-18-21-12-4-5-13-22(21)19-28(25)29/h1-19H. The fraction of sp³-hybridized carbons (Fsp3) is 0. The van der Waals surface area contributed by atoms with E-state index in [1.54, 1.807) is 0 Å². The molecule has 0 amide bonds. The Labute approximate surface area is 169 Å². The smallest absolute Gasteiger partial charge is 0.0547 e. The molecule has 0 spiro atoms. The highest BCUT2D eigenvalue weighted by molar-refractivity contribution is 6.13. The van der Waals surface area contributed by atoms with Gasteiger partial charge in [0.05, 0.1) is 16.7 Å². The van der Waals surface area contributed by atoms with Gasteiger partial charge in [0.25, 0.3) is 0 Å². The minimum absolute atomic E-state index is 1.21. The molecule has 1 heteroatoms. The second-order valence-corrected chi connectivity index (χ2v) is 7.45. The Bertz CT molecular complexity index is 1490. The van der Waals surface area contributed by atoms with Crippen LogP contribution in [0, 0.1) is 0 Å². The molecule has 1 nitrogen and oxygen atoms in total. The van der Waals surface area contributed by atoms with Crippen LogP contribution < -0.4 is 0 Å². The second kappa shape index (κ2) is 6.35. The highest BCUT2D eigenvalue weighted by Gasteiger charge is 2.15. The molecule has 0 aliphatic carbocycles. The van der Waals surface area contributed by atoms with Crippen molar-refractivity contribution in [2.45, 2.75) is 0 Å². The molecule has 0 fully saturated rings. The van der Waals surface area contributed by atoms with E-state index in [2.05, 4.69) is 120 Å². The van der Waals surface area contributed by atoms with Crippen LogP contribution in [-0.2, 0) is 0 Å². The van der Waals surface area contributed by atoms with Gasteiger partial charge < -0.3 is 4.57 Å². The molecule has 0 saturated carbocycles. The lowest BCUT2D eigenvalue weighted by atomic mass is 10.0. The lowest BCUT2D eigenvalue weighted by Crippen LogP contribution is -1.97. The Balaban J connectivity index is 1.78. The van der Waals surface area contributed by atoms with Crippen molar-refractivity contribution in [1.82, 2.24) is 4.57 Å². The SMILES string of the molecule is c1ccc(-c2ccccc2-n2c3ccccc3c3cc4ccccc4cc32)cc1. The van der Waals surface area contributed by atoms with E-state index in [0.717, 1.165) is 0 Å². The molecule has 0 atom stereocenters. The number of hydrogen-bond acceptors (Lipinski definition) is 0. The molecular weight excluding hydrogens is 350 g/mol. The lowest BCUT2D eigenvalue weighted by molar-refractivity contribution is 1.18. The zero-order chi connectivity index (χ0) is 19.2. The number of nitrogens with zero attached hydrogens (tertiary/aromatic N) is 1. The van der Waals surface area contributed by atoms with E-state index in [-0.39, 0.29) is 0 Å². The van der Waals surface area contributed by atoms with Gasteiger partial charge in [-0.25, -0.2) is 0 Å². The molecule has 0 bridgehead atoms. The molecule has 0 saturated heterocycles. The minimum atomic E-state index is 1.21. The number of fused-ring (bicyclic) bond motifs is 4. The van der Waals surface area contributed by atoms with Crippen LogP contribution in [0.4, 0.5) is 0 Å². The van der Waals surface area contributed by atoms with E-state index in [9.17, 15) is 0 Å². The molecule has 0 aliphatic heterocycles. The molecule has 5 aromatic carbocycles. The summed E-state index contributed by atoms with van der Waals surface area (Å²) >= 11 is 0. The summed E-state index contributed by atoms with van der Waals surface area (Å²) in [5.41, 5.74) is 6.16. The molecule has 136 valence electrons. The third kappa shape index (κ3) is 2.48. The third-order valence-electron chi connectivity index (χ3n) is 5.77. The number of para-hydroxylation sites is 2. The molecule has 0 unspecified atom stereocenters. The Hall–Kier alpha value is -3.84. The lowest BCUT2D eigenvalue weighted by Gasteiger charge is -2.14. The summed E-state index contributed by atoms with van der Waals surface area (Å²) in [6.45, 7) is 0. The van der Waals surface area contributed by atoms with Gasteiger partial charge in [-0.05, 0) is 40.6 Å². The first-order valence-electron chi connectivity index (χ1n) is 9.97. The molecule has 0 N–H and O–H groups in total. The van der Waals surface area contributed by atoms with Crippen molar-refractivity contribution in [3.05, 3.63) is 115 Å². The average molecular weight is 369 g/mol. The summed E-state index contributed by atoms with van der Waals surface area (Å²) in [5, 5.41) is 5.12. The Morgan fingerprint density at radius 1 is 0.448 bits per heavy atom. The first-order chi connectivity index (χ1) is 14.4. The van der Waals surface area contributed by atoms with Crippen molar-refractivity contribution in [2.24, 2.45) is 0 Å². The van der Waals surface area contributed by atoms with E-state index < -0.39 is 0 Å². The van der Waals surface area contributed by atoms with E-state index in [0.29, 0.717) is 0 Å². The number of hydrogen-bond donors (Lipinski definition) is 0. The third-order valence-corrected chi connectivity index (χ3v) is 5.77. The van der Waals surface area contributed by atoms with Gasteiger partial charge in [-0.15, -0.1) is 0 Å².